The van der Waals surface area contributed by atoms with Gasteiger partial charge in [0.1, 0.15) is 5.54 Å². The molecule has 1 N–H and O–H groups in total. The number of hydrogen-bond donors (Lipinski definition) is 1. The van der Waals surface area contributed by atoms with Crippen molar-refractivity contribution in [3.63, 3.8) is 0 Å². The molecule has 0 radical (unpaired) electrons. The molecule has 1 aliphatic rings. The molecule has 8 nitrogen and oxygen atoms in total. The molecule has 9 heteroatoms. The second-order valence-electron chi connectivity index (χ2n) is 7.71. The zero-order chi connectivity index (χ0) is 23.9. The second-order valence-corrected chi connectivity index (χ2v) is 9.58. The van der Waals surface area contributed by atoms with Gasteiger partial charge >= 0.3 is 5.97 Å². The first-order valence-corrected chi connectivity index (χ1v) is 11.9. The van der Waals surface area contributed by atoms with E-state index >= 15 is 0 Å². The van der Waals surface area contributed by atoms with E-state index in [0.717, 1.165) is 12.8 Å². The Kier molecular flexibility index (Phi) is 7.51. The van der Waals surface area contributed by atoms with Crippen LogP contribution in [0, 0.1) is 11.3 Å². The fourth-order valence-corrected chi connectivity index (χ4v) is 5.21. The minimum atomic E-state index is -3.99. The summed E-state index contributed by atoms with van der Waals surface area (Å²) in [5.41, 5.74) is -0.462. The molecule has 33 heavy (non-hydrogen) atoms. The number of para-hydroxylation sites is 1. The van der Waals surface area contributed by atoms with Crippen molar-refractivity contribution in [3.05, 3.63) is 72.8 Å². The van der Waals surface area contributed by atoms with Crippen molar-refractivity contribution in [3.8, 4) is 6.07 Å². The molecule has 0 aliphatic heterocycles. The maximum atomic E-state index is 13.3. The standard InChI is InChI=1S/C24H25N3O5S/c1-2-15-27(20-10-4-3-5-11-20)33(30,31)21-12-8-9-19(16-21)23(29)32-17-22(28)26-24(18-25)13-6-7-14-24/h2-5,8-12,16H,1,6-7,13-15,17H2,(H,26,28). The Bertz CT molecular complexity index is 1170. The van der Waals surface area contributed by atoms with Crippen LogP contribution in [0.3, 0.4) is 0 Å². The number of ether oxygens (including phenoxy) is 1. The van der Waals surface area contributed by atoms with Gasteiger partial charge in [-0.3, -0.25) is 9.10 Å². The summed E-state index contributed by atoms with van der Waals surface area (Å²) in [6.07, 6.45) is 4.29. The van der Waals surface area contributed by atoms with Crippen molar-refractivity contribution >= 4 is 27.6 Å². The molecule has 2 aromatic rings. The van der Waals surface area contributed by atoms with Crippen LogP contribution in [0.1, 0.15) is 36.0 Å². The lowest BCUT2D eigenvalue weighted by Gasteiger charge is -2.23. The number of nitrogens with zero attached hydrogens (tertiary/aromatic N) is 2. The highest BCUT2D eigenvalue weighted by molar-refractivity contribution is 7.92. The average Bonchev–Trinajstić information content (AvgIpc) is 3.30. The minimum Gasteiger partial charge on any atom is -0.452 e. The monoisotopic (exact) mass is 467 g/mol. The van der Waals surface area contributed by atoms with Crippen molar-refractivity contribution in [1.82, 2.24) is 5.32 Å². The zero-order valence-corrected chi connectivity index (χ0v) is 18.9. The second kappa shape index (κ2) is 10.3. The van der Waals surface area contributed by atoms with Crippen molar-refractivity contribution < 1.29 is 22.7 Å². The molecule has 0 spiro atoms. The highest BCUT2D eigenvalue weighted by atomic mass is 32.2. The maximum absolute atomic E-state index is 13.3. The Balaban J connectivity index is 1.73. The van der Waals surface area contributed by atoms with Crippen LogP contribution in [-0.4, -0.2) is 39.0 Å². The number of nitriles is 1. The van der Waals surface area contributed by atoms with Crippen molar-refractivity contribution in [1.29, 1.82) is 5.26 Å². The summed E-state index contributed by atoms with van der Waals surface area (Å²) in [6.45, 7) is 3.11. The van der Waals surface area contributed by atoms with Crippen LogP contribution in [0.5, 0.6) is 0 Å². The topological polar surface area (TPSA) is 117 Å². The lowest BCUT2D eigenvalue weighted by atomic mass is 10.00. The summed E-state index contributed by atoms with van der Waals surface area (Å²) in [4.78, 5) is 24.6. The van der Waals surface area contributed by atoms with Crippen molar-refractivity contribution in [2.45, 2.75) is 36.1 Å². The van der Waals surface area contributed by atoms with E-state index in [1.165, 1.54) is 34.6 Å². The smallest absolute Gasteiger partial charge is 0.338 e. The molecule has 1 amide bonds. The fraction of sp³-hybridized carbons (Fsp3) is 0.292. The molecule has 1 aliphatic carbocycles. The number of rotatable bonds is 9. The molecule has 0 aromatic heterocycles. The summed E-state index contributed by atoms with van der Waals surface area (Å²) in [6, 6.07) is 16.1. The van der Waals surface area contributed by atoms with Crippen LogP contribution < -0.4 is 9.62 Å². The quantitative estimate of drug-likeness (QED) is 0.447. The van der Waals surface area contributed by atoms with Gasteiger partial charge in [0.2, 0.25) is 0 Å². The van der Waals surface area contributed by atoms with Crippen molar-refractivity contribution in [2.24, 2.45) is 0 Å². The highest BCUT2D eigenvalue weighted by Crippen LogP contribution is 2.29. The predicted octanol–water partition coefficient (Wildman–Crippen LogP) is 3.18. The summed E-state index contributed by atoms with van der Waals surface area (Å²) in [5, 5.41) is 12.0. The first-order chi connectivity index (χ1) is 15.8. The van der Waals surface area contributed by atoms with Gasteiger partial charge in [0, 0.05) is 0 Å². The van der Waals surface area contributed by atoms with Gasteiger partial charge in [0.05, 0.1) is 28.8 Å². The van der Waals surface area contributed by atoms with Crippen molar-refractivity contribution in [2.75, 3.05) is 17.5 Å². The van der Waals surface area contributed by atoms with E-state index in [1.54, 1.807) is 30.3 Å². The highest BCUT2D eigenvalue weighted by Gasteiger charge is 2.35. The lowest BCUT2D eigenvalue weighted by molar-refractivity contribution is -0.125. The van der Waals surface area contributed by atoms with E-state index < -0.39 is 34.0 Å². The number of esters is 1. The molecule has 0 heterocycles. The molecular formula is C24H25N3O5S. The van der Waals surface area contributed by atoms with E-state index in [-0.39, 0.29) is 17.0 Å². The fourth-order valence-electron chi connectivity index (χ4n) is 3.73. The van der Waals surface area contributed by atoms with Gasteiger partial charge in [-0.1, -0.05) is 30.3 Å². The molecule has 0 saturated heterocycles. The number of amides is 1. The van der Waals surface area contributed by atoms with E-state index in [9.17, 15) is 23.3 Å². The lowest BCUT2D eigenvalue weighted by Crippen LogP contribution is -2.46. The number of carbonyl (C=O) groups excluding carboxylic acids is 2. The summed E-state index contributed by atoms with van der Waals surface area (Å²) < 4.78 is 32.8. The minimum absolute atomic E-state index is 0.00801. The van der Waals surface area contributed by atoms with Crippen LogP contribution >= 0.6 is 0 Å². The molecule has 0 bridgehead atoms. The van der Waals surface area contributed by atoms with Gasteiger partial charge in [0.15, 0.2) is 6.61 Å². The van der Waals surface area contributed by atoms with Gasteiger partial charge in [-0.05, 0) is 56.0 Å². The van der Waals surface area contributed by atoms with Gasteiger partial charge in [-0.15, -0.1) is 6.58 Å². The summed E-state index contributed by atoms with van der Waals surface area (Å²) >= 11 is 0. The van der Waals surface area contributed by atoms with Gasteiger partial charge in [-0.2, -0.15) is 5.26 Å². The molecule has 0 unspecified atom stereocenters. The third-order valence-corrected chi connectivity index (χ3v) is 7.17. The van der Waals surface area contributed by atoms with E-state index in [1.807, 2.05) is 0 Å². The predicted molar refractivity (Wildman–Crippen MR) is 123 cm³/mol. The van der Waals surface area contributed by atoms with Crippen LogP contribution in [0.15, 0.2) is 72.1 Å². The van der Waals surface area contributed by atoms with Gasteiger partial charge in [-0.25, -0.2) is 13.2 Å². The Labute approximate surface area is 193 Å². The largest absolute Gasteiger partial charge is 0.452 e. The van der Waals surface area contributed by atoms with E-state index in [4.69, 9.17) is 4.74 Å². The Morgan fingerprint density at radius 1 is 1.15 bits per heavy atom. The molecule has 0 atom stereocenters. The number of carbonyl (C=O) groups is 2. The first kappa shape index (κ1) is 24.0. The van der Waals surface area contributed by atoms with Crippen LogP contribution in [-0.2, 0) is 19.6 Å². The van der Waals surface area contributed by atoms with E-state index in [0.29, 0.717) is 18.5 Å². The third kappa shape index (κ3) is 5.59. The Morgan fingerprint density at radius 3 is 2.48 bits per heavy atom. The number of hydrogen-bond acceptors (Lipinski definition) is 6. The zero-order valence-electron chi connectivity index (χ0n) is 18.1. The molecule has 1 fully saturated rings. The SMILES string of the molecule is C=CCN(c1ccccc1)S(=O)(=O)c1cccc(C(=O)OCC(=O)NC2(C#N)CCCC2)c1. The van der Waals surface area contributed by atoms with E-state index in [2.05, 4.69) is 18.0 Å². The first-order valence-electron chi connectivity index (χ1n) is 10.5. The third-order valence-electron chi connectivity index (χ3n) is 5.38. The summed E-state index contributed by atoms with van der Waals surface area (Å²) in [5.74, 6) is -1.41. The van der Waals surface area contributed by atoms with Crippen LogP contribution in [0.4, 0.5) is 5.69 Å². The molecule has 2 aromatic carbocycles. The number of benzene rings is 2. The molecule has 1 saturated carbocycles. The van der Waals surface area contributed by atoms with Crippen LogP contribution in [0.2, 0.25) is 0 Å². The molecular weight excluding hydrogens is 442 g/mol. The average molecular weight is 468 g/mol. The number of sulfonamides is 1. The van der Waals surface area contributed by atoms with Crippen LogP contribution in [0.25, 0.3) is 0 Å². The summed E-state index contributed by atoms with van der Waals surface area (Å²) in [7, 11) is -3.99. The van der Waals surface area contributed by atoms with Gasteiger partial charge in [0.25, 0.3) is 15.9 Å². The van der Waals surface area contributed by atoms with Gasteiger partial charge < -0.3 is 10.1 Å². The maximum Gasteiger partial charge on any atom is 0.338 e. The number of nitrogens with one attached hydrogen (secondary N) is 1. The molecule has 3 rings (SSSR count). The number of anilines is 1. The Hall–Kier alpha value is -3.64. The molecule has 172 valence electrons. The Morgan fingerprint density at radius 2 is 1.85 bits per heavy atom. The normalized spacial score (nSPS) is 14.6.